The fourth-order valence-electron chi connectivity index (χ4n) is 3.21. The van der Waals surface area contributed by atoms with Crippen LogP contribution in [-0.2, 0) is 21.4 Å². The Hall–Kier alpha value is -3.02. The third-order valence-electron chi connectivity index (χ3n) is 5.01. The summed E-state index contributed by atoms with van der Waals surface area (Å²) in [4.78, 5) is 24.1. The van der Waals surface area contributed by atoms with Crippen LogP contribution in [0.25, 0.3) is 0 Å². The molecule has 154 valence electrons. The summed E-state index contributed by atoms with van der Waals surface area (Å²) >= 11 is 0. The zero-order valence-corrected chi connectivity index (χ0v) is 17.5. The van der Waals surface area contributed by atoms with Crippen molar-refractivity contribution < 1.29 is 14.3 Å². The van der Waals surface area contributed by atoms with E-state index in [1.54, 1.807) is 19.2 Å². The number of amides is 2. The number of hydrogen-bond donors (Lipinski definition) is 3. The molecule has 0 fully saturated rings. The van der Waals surface area contributed by atoms with E-state index in [1.807, 2.05) is 6.07 Å². The lowest BCUT2D eigenvalue weighted by molar-refractivity contribution is -0.127. The molecule has 0 saturated carbocycles. The van der Waals surface area contributed by atoms with Gasteiger partial charge in [0.2, 0.25) is 5.91 Å². The van der Waals surface area contributed by atoms with E-state index in [2.05, 4.69) is 61.0 Å². The minimum absolute atomic E-state index is 0.0372. The lowest BCUT2D eigenvalue weighted by Crippen LogP contribution is -2.43. The standard InChI is InChI=1S/C23H29N3O3/c1-23(2,3)16-8-5-15(6-9-16)7-12-21(27)26-17-10-11-19-18(13-17)25-14-20(29-19)22(28)24-4/h5-6,8-11,13,20,25H,7,12,14H2,1-4H3,(H,24,28)(H,26,27). The molecule has 1 aliphatic rings. The van der Waals surface area contributed by atoms with Crippen molar-refractivity contribution in [3.63, 3.8) is 0 Å². The Labute approximate surface area is 172 Å². The van der Waals surface area contributed by atoms with Crippen LogP contribution in [0.3, 0.4) is 0 Å². The van der Waals surface area contributed by atoms with E-state index < -0.39 is 6.10 Å². The van der Waals surface area contributed by atoms with Crippen LogP contribution in [-0.4, -0.2) is 31.5 Å². The third-order valence-corrected chi connectivity index (χ3v) is 5.01. The summed E-state index contributed by atoms with van der Waals surface area (Å²) in [5.74, 6) is 0.391. The monoisotopic (exact) mass is 395 g/mol. The maximum Gasteiger partial charge on any atom is 0.262 e. The van der Waals surface area contributed by atoms with Gasteiger partial charge in [0.15, 0.2) is 6.10 Å². The van der Waals surface area contributed by atoms with Gasteiger partial charge in [-0.2, -0.15) is 0 Å². The van der Waals surface area contributed by atoms with E-state index >= 15 is 0 Å². The van der Waals surface area contributed by atoms with Gasteiger partial charge >= 0.3 is 0 Å². The highest BCUT2D eigenvalue weighted by atomic mass is 16.5. The molecule has 0 bridgehead atoms. The molecule has 3 rings (SSSR count). The number of nitrogens with one attached hydrogen (secondary N) is 3. The highest BCUT2D eigenvalue weighted by Crippen LogP contribution is 2.32. The van der Waals surface area contributed by atoms with Crippen LogP contribution in [0.5, 0.6) is 5.75 Å². The summed E-state index contributed by atoms with van der Waals surface area (Å²) in [6.45, 7) is 6.94. The quantitative estimate of drug-likeness (QED) is 0.724. The molecule has 1 heterocycles. The number of likely N-dealkylation sites (N-methyl/N-ethyl adjacent to an activating group) is 1. The Morgan fingerprint density at radius 2 is 1.86 bits per heavy atom. The van der Waals surface area contributed by atoms with E-state index in [0.717, 1.165) is 11.3 Å². The van der Waals surface area contributed by atoms with Crippen LogP contribution in [0.4, 0.5) is 11.4 Å². The Morgan fingerprint density at radius 1 is 1.14 bits per heavy atom. The Bertz CT molecular complexity index is 885. The minimum Gasteiger partial charge on any atom is -0.477 e. The number of ether oxygens (including phenoxy) is 1. The normalized spacial score (nSPS) is 15.5. The first kappa shape index (κ1) is 20.7. The molecule has 0 spiro atoms. The maximum atomic E-state index is 12.3. The maximum absolute atomic E-state index is 12.3. The molecule has 1 aliphatic heterocycles. The molecule has 0 aromatic heterocycles. The van der Waals surface area contributed by atoms with Gasteiger partial charge in [-0.15, -0.1) is 0 Å². The molecule has 0 aliphatic carbocycles. The topological polar surface area (TPSA) is 79.5 Å². The summed E-state index contributed by atoms with van der Waals surface area (Å²) in [6, 6.07) is 13.8. The van der Waals surface area contributed by atoms with Gasteiger partial charge in [-0.25, -0.2) is 0 Å². The van der Waals surface area contributed by atoms with Crippen LogP contribution >= 0.6 is 0 Å². The second-order valence-corrected chi connectivity index (χ2v) is 8.31. The van der Waals surface area contributed by atoms with E-state index in [1.165, 1.54) is 5.56 Å². The average Bonchev–Trinajstić information content (AvgIpc) is 2.71. The van der Waals surface area contributed by atoms with Gasteiger partial charge in [0.1, 0.15) is 5.75 Å². The zero-order chi connectivity index (χ0) is 21.0. The van der Waals surface area contributed by atoms with Crippen LogP contribution < -0.4 is 20.7 Å². The summed E-state index contributed by atoms with van der Waals surface area (Å²) < 4.78 is 5.70. The molecule has 0 radical (unpaired) electrons. The molecule has 0 saturated heterocycles. The first-order valence-electron chi connectivity index (χ1n) is 9.92. The average molecular weight is 396 g/mol. The third kappa shape index (κ3) is 5.28. The van der Waals surface area contributed by atoms with E-state index in [-0.39, 0.29) is 17.2 Å². The highest BCUT2D eigenvalue weighted by molar-refractivity contribution is 5.92. The molecular weight excluding hydrogens is 366 g/mol. The molecular formula is C23H29N3O3. The largest absolute Gasteiger partial charge is 0.477 e. The van der Waals surface area contributed by atoms with Gasteiger partial charge in [-0.1, -0.05) is 45.0 Å². The van der Waals surface area contributed by atoms with Crippen LogP contribution in [0.15, 0.2) is 42.5 Å². The van der Waals surface area contributed by atoms with Crippen molar-refractivity contribution in [2.75, 3.05) is 24.2 Å². The number of hydrogen-bond acceptors (Lipinski definition) is 4. The highest BCUT2D eigenvalue weighted by Gasteiger charge is 2.25. The van der Waals surface area contributed by atoms with Crippen molar-refractivity contribution >= 4 is 23.2 Å². The predicted molar refractivity (Wildman–Crippen MR) is 116 cm³/mol. The smallest absolute Gasteiger partial charge is 0.262 e. The van der Waals surface area contributed by atoms with Crippen LogP contribution in [0.1, 0.15) is 38.3 Å². The van der Waals surface area contributed by atoms with Crippen molar-refractivity contribution in [3.8, 4) is 5.75 Å². The molecule has 6 nitrogen and oxygen atoms in total. The molecule has 2 aromatic rings. The zero-order valence-electron chi connectivity index (χ0n) is 17.5. The number of fused-ring (bicyclic) bond motifs is 1. The Morgan fingerprint density at radius 3 is 2.52 bits per heavy atom. The number of carbonyl (C=O) groups excluding carboxylic acids is 2. The molecule has 1 atom stereocenters. The predicted octanol–water partition coefficient (Wildman–Crippen LogP) is 3.47. The second-order valence-electron chi connectivity index (χ2n) is 8.31. The first-order valence-corrected chi connectivity index (χ1v) is 9.92. The first-order chi connectivity index (χ1) is 13.8. The van der Waals surface area contributed by atoms with E-state index in [0.29, 0.717) is 30.8 Å². The minimum atomic E-state index is -0.558. The molecule has 2 aromatic carbocycles. The Kier molecular flexibility index (Phi) is 6.11. The van der Waals surface area contributed by atoms with Gasteiger partial charge < -0.3 is 20.7 Å². The molecule has 3 N–H and O–H groups in total. The van der Waals surface area contributed by atoms with Crippen LogP contribution in [0, 0.1) is 0 Å². The fraction of sp³-hybridized carbons (Fsp3) is 0.391. The van der Waals surface area contributed by atoms with Crippen molar-refractivity contribution in [1.82, 2.24) is 5.32 Å². The number of aryl methyl sites for hydroxylation is 1. The van der Waals surface area contributed by atoms with Crippen molar-refractivity contribution in [1.29, 1.82) is 0 Å². The number of anilines is 2. The molecule has 6 heteroatoms. The van der Waals surface area contributed by atoms with Crippen LogP contribution in [0.2, 0.25) is 0 Å². The summed E-state index contributed by atoms with van der Waals surface area (Å²) in [5, 5.41) is 8.69. The summed E-state index contributed by atoms with van der Waals surface area (Å²) in [5.41, 5.74) is 4.02. The molecule has 1 unspecified atom stereocenters. The number of rotatable bonds is 5. The second kappa shape index (κ2) is 8.55. The van der Waals surface area contributed by atoms with E-state index in [4.69, 9.17) is 4.74 Å². The van der Waals surface area contributed by atoms with Crippen molar-refractivity contribution in [2.45, 2.75) is 45.1 Å². The summed E-state index contributed by atoms with van der Waals surface area (Å²) in [7, 11) is 1.58. The van der Waals surface area contributed by atoms with Gasteiger partial charge in [-0.3, -0.25) is 9.59 Å². The lowest BCUT2D eigenvalue weighted by Gasteiger charge is -2.26. The fourth-order valence-corrected chi connectivity index (χ4v) is 3.21. The van der Waals surface area contributed by atoms with Crippen molar-refractivity contribution in [3.05, 3.63) is 53.6 Å². The summed E-state index contributed by atoms with van der Waals surface area (Å²) in [6.07, 6.45) is 0.544. The molecule has 2 amide bonds. The van der Waals surface area contributed by atoms with Gasteiger partial charge in [0, 0.05) is 19.2 Å². The van der Waals surface area contributed by atoms with Gasteiger partial charge in [0.25, 0.3) is 5.91 Å². The molecule has 29 heavy (non-hydrogen) atoms. The number of carbonyl (C=O) groups is 2. The SMILES string of the molecule is CNC(=O)C1CNc2cc(NC(=O)CCc3ccc(C(C)(C)C)cc3)ccc2O1. The lowest BCUT2D eigenvalue weighted by atomic mass is 9.86. The van der Waals surface area contributed by atoms with Crippen molar-refractivity contribution in [2.24, 2.45) is 0 Å². The van der Waals surface area contributed by atoms with Gasteiger partial charge in [-0.05, 0) is 41.2 Å². The van der Waals surface area contributed by atoms with Gasteiger partial charge in [0.05, 0.1) is 12.2 Å². The number of benzene rings is 2. The van der Waals surface area contributed by atoms with E-state index in [9.17, 15) is 9.59 Å². The Balaban J connectivity index is 1.54.